The van der Waals surface area contributed by atoms with Crippen molar-refractivity contribution in [3.63, 3.8) is 0 Å². The molecule has 5 nitrogen and oxygen atoms in total. The molecule has 1 atom stereocenters. The third-order valence-electron chi connectivity index (χ3n) is 2.59. The van der Waals surface area contributed by atoms with E-state index in [1.54, 1.807) is 0 Å². The van der Waals surface area contributed by atoms with Crippen LogP contribution in [0.2, 0.25) is 0 Å². The second kappa shape index (κ2) is 8.06. The number of halogens is 1. The maximum atomic E-state index is 12.8. The second-order valence-corrected chi connectivity index (χ2v) is 4.15. The van der Waals surface area contributed by atoms with Crippen molar-refractivity contribution in [2.24, 2.45) is 10.7 Å². The van der Waals surface area contributed by atoms with Crippen LogP contribution in [0.15, 0.2) is 29.3 Å². The molecule has 1 aromatic rings. The summed E-state index contributed by atoms with van der Waals surface area (Å²) >= 11 is 0. The van der Waals surface area contributed by atoms with E-state index in [1.165, 1.54) is 30.5 Å². The fourth-order valence-electron chi connectivity index (χ4n) is 1.53. The summed E-state index contributed by atoms with van der Waals surface area (Å²) in [5.41, 5.74) is 5.74. The van der Waals surface area contributed by atoms with Crippen LogP contribution in [0.5, 0.6) is 5.75 Å². The molecule has 108 valence electrons. The molecule has 0 saturated carbocycles. The van der Waals surface area contributed by atoms with Crippen LogP contribution in [-0.4, -0.2) is 35.0 Å². The maximum Gasteiger partial charge on any atom is 0.328 e. The highest BCUT2D eigenvalue weighted by molar-refractivity contribution is 5.82. The fourth-order valence-corrected chi connectivity index (χ4v) is 1.53. The zero-order valence-electron chi connectivity index (χ0n) is 10.9. The van der Waals surface area contributed by atoms with Crippen molar-refractivity contribution in [3.05, 3.63) is 35.7 Å². The number of hydrogen-bond donors (Lipinski definition) is 3. The lowest BCUT2D eigenvalue weighted by atomic mass is 10.1. The lowest BCUT2D eigenvalue weighted by Gasteiger charge is -2.04. The Labute approximate surface area is 116 Å². The van der Waals surface area contributed by atoms with Gasteiger partial charge in [0.1, 0.15) is 17.6 Å². The predicted molar refractivity (Wildman–Crippen MR) is 75.3 cm³/mol. The summed E-state index contributed by atoms with van der Waals surface area (Å²) in [4.78, 5) is 14.8. The average Bonchev–Trinajstić information content (AvgIpc) is 2.39. The Kier molecular flexibility index (Phi) is 6.39. The van der Waals surface area contributed by atoms with Gasteiger partial charge in [0.2, 0.25) is 0 Å². The van der Waals surface area contributed by atoms with Gasteiger partial charge in [-0.2, -0.15) is 0 Å². The van der Waals surface area contributed by atoms with Crippen LogP contribution >= 0.6 is 0 Å². The number of nitrogens with zero attached hydrogens (tertiary/aromatic N) is 1. The number of hydrogen-bond acceptors (Lipinski definition) is 4. The molecule has 0 bridgehead atoms. The van der Waals surface area contributed by atoms with Gasteiger partial charge in [-0.15, -0.1) is 0 Å². The number of carboxylic acids is 1. The molecule has 0 aliphatic carbocycles. The van der Waals surface area contributed by atoms with E-state index in [0.717, 1.165) is 6.07 Å². The molecule has 6 heteroatoms. The lowest BCUT2D eigenvalue weighted by Crippen LogP contribution is -2.19. The van der Waals surface area contributed by atoms with E-state index >= 15 is 0 Å². The van der Waals surface area contributed by atoms with E-state index in [2.05, 4.69) is 4.99 Å². The lowest BCUT2D eigenvalue weighted by molar-refractivity contribution is -0.138. The minimum absolute atomic E-state index is 0.187. The van der Waals surface area contributed by atoms with Crippen LogP contribution in [0.3, 0.4) is 0 Å². The van der Waals surface area contributed by atoms with Crippen molar-refractivity contribution in [1.82, 2.24) is 0 Å². The van der Waals surface area contributed by atoms with Crippen LogP contribution in [0.4, 0.5) is 4.39 Å². The molecule has 0 heterocycles. The molecule has 1 unspecified atom stereocenters. The SMILES string of the molecule is NCCCC(N=C/C=C/c1ccc(F)cc1O)C(=O)O. The molecule has 0 radical (unpaired) electrons. The normalized spacial score (nSPS) is 13.1. The van der Waals surface area contributed by atoms with Crippen LogP contribution in [0.25, 0.3) is 6.08 Å². The number of carbonyl (C=O) groups is 1. The van der Waals surface area contributed by atoms with Gasteiger partial charge in [0.05, 0.1) is 0 Å². The number of aliphatic imine (C=N–C) groups is 1. The first-order valence-corrected chi connectivity index (χ1v) is 6.16. The first-order valence-electron chi connectivity index (χ1n) is 6.16. The number of phenolic OH excluding ortho intramolecular Hbond substituents is 1. The first-order chi connectivity index (χ1) is 9.54. The number of aromatic hydroxyl groups is 1. The summed E-state index contributed by atoms with van der Waals surface area (Å²) in [5.74, 6) is -1.72. The summed E-state index contributed by atoms with van der Waals surface area (Å²) in [6.45, 7) is 0.415. The van der Waals surface area contributed by atoms with Gasteiger partial charge in [-0.25, -0.2) is 9.18 Å². The molecule has 4 N–H and O–H groups in total. The smallest absolute Gasteiger partial charge is 0.328 e. The molecule has 0 aliphatic heterocycles. The largest absolute Gasteiger partial charge is 0.507 e. The summed E-state index contributed by atoms with van der Waals surface area (Å²) in [6, 6.07) is 2.80. The van der Waals surface area contributed by atoms with E-state index in [-0.39, 0.29) is 5.75 Å². The molecule has 0 aliphatic rings. The minimum Gasteiger partial charge on any atom is -0.507 e. The monoisotopic (exact) mass is 280 g/mol. The van der Waals surface area contributed by atoms with Gasteiger partial charge in [0.15, 0.2) is 0 Å². The van der Waals surface area contributed by atoms with E-state index in [4.69, 9.17) is 10.8 Å². The van der Waals surface area contributed by atoms with Crippen molar-refractivity contribution < 1.29 is 19.4 Å². The number of carboxylic acid groups (broad SMARTS) is 1. The van der Waals surface area contributed by atoms with E-state index < -0.39 is 17.8 Å². The zero-order valence-corrected chi connectivity index (χ0v) is 10.9. The fraction of sp³-hybridized carbons (Fsp3) is 0.286. The van der Waals surface area contributed by atoms with Crippen LogP contribution in [0, 0.1) is 5.82 Å². The van der Waals surface area contributed by atoms with Crippen molar-refractivity contribution in [1.29, 1.82) is 0 Å². The molecule has 0 aromatic heterocycles. The molecule has 0 amide bonds. The number of aliphatic carboxylic acids is 1. The molecule has 1 aromatic carbocycles. The third-order valence-corrected chi connectivity index (χ3v) is 2.59. The van der Waals surface area contributed by atoms with Crippen LogP contribution in [-0.2, 0) is 4.79 Å². The molecular weight excluding hydrogens is 263 g/mol. The summed E-state index contributed by atoms with van der Waals surface area (Å²) < 4.78 is 12.8. The van der Waals surface area contributed by atoms with Gasteiger partial charge < -0.3 is 15.9 Å². The quantitative estimate of drug-likeness (QED) is 0.664. The highest BCUT2D eigenvalue weighted by Gasteiger charge is 2.13. The van der Waals surface area contributed by atoms with E-state index in [0.29, 0.717) is 24.9 Å². The molecule has 0 fully saturated rings. The molecule has 0 spiro atoms. The number of rotatable bonds is 7. The standard InChI is InChI=1S/C14H17FN2O3/c15-11-6-5-10(13(18)9-11)3-2-8-17-12(14(19)20)4-1-7-16/h2-3,5-6,8-9,12,18H,1,4,7,16H2,(H,19,20)/b3-2+,17-8?. The maximum absolute atomic E-state index is 12.8. The van der Waals surface area contributed by atoms with Crippen molar-refractivity contribution in [2.75, 3.05) is 6.54 Å². The number of nitrogens with two attached hydrogens (primary N) is 1. The predicted octanol–water partition coefficient (Wildman–Crippen LogP) is 1.81. The van der Waals surface area contributed by atoms with Gasteiger partial charge in [-0.1, -0.05) is 0 Å². The number of benzene rings is 1. The van der Waals surface area contributed by atoms with Crippen LogP contribution < -0.4 is 5.73 Å². The Morgan fingerprint density at radius 1 is 1.50 bits per heavy atom. The van der Waals surface area contributed by atoms with Gasteiger partial charge in [-0.3, -0.25) is 4.99 Å². The van der Waals surface area contributed by atoms with E-state index in [1.807, 2.05) is 0 Å². The highest BCUT2D eigenvalue weighted by atomic mass is 19.1. The molecule has 1 rings (SSSR count). The first kappa shape index (κ1) is 15.8. The van der Waals surface area contributed by atoms with Gasteiger partial charge >= 0.3 is 5.97 Å². The Morgan fingerprint density at radius 2 is 2.25 bits per heavy atom. The molecule has 20 heavy (non-hydrogen) atoms. The Hall–Kier alpha value is -2.21. The zero-order chi connectivity index (χ0) is 15.0. The Bertz CT molecular complexity index is 515. The summed E-state index contributed by atoms with van der Waals surface area (Å²) in [6.07, 6.45) is 5.30. The summed E-state index contributed by atoms with van der Waals surface area (Å²) in [7, 11) is 0. The topological polar surface area (TPSA) is 95.9 Å². The second-order valence-electron chi connectivity index (χ2n) is 4.15. The minimum atomic E-state index is -1.01. The Morgan fingerprint density at radius 3 is 2.85 bits per heavy atom. The van der Waals surface area contributed by atoms with Crippen LogP contribution in [0.1, 0.15) is 18.4 Å². The Balaban J connectivity index is 2.65. The van der Waals surface area contributed by atoms with Crippen molar-refractivity contribution in [3.8, 4) is 5.75 Å². The van der Waals surface area contributed by atoms with Crippen molar-refractivity contribution in [2.45, 2.75) is 18.9 Å². The van der Waals surface area contributed by atoms with Gasteiger partial charge in [0, 0.05) is 17.8 Å². The molecule has 0 saturated heterocycles. The molecular formula is C14H17FN2O3. The van der Waals surface area contributed by atoms with E-state index in [9.17, 15) is 14.3 Å². The van der Waals surface area contributed by atoms with Gasteiger partial charge in [0.25, 0.3) is 0 Å². The number of phenols is 1. The van der Waals surface area contributed by atoms with Gasteiger partial charge in [-0.05, 0) is 43.7 Å². The number of allylic oxidation sites excluding steroid dienone is 1. The summed E-state index contributed by atoms with van der Waals surface area (Å²) in [5, 5.41) is 18.4. The average molecular weight is 280 g/mol. The highest BCUT2D eigenvalue weighted by Crippen LogP contribution is 2.19. The third kappa shape index (κ3) is 5.19. The van der Waals surface area contributed by atoms with Crippen molar-refractivity contribution >= 4 is 18.3 Å².